The highest BCUT2D eigenvalue weighted by atomic mass is 32.1. The number of nitrogens with zero attached hydrogens (tertiary/aromatic N) is 2. The zero-order valence-corrected chi connectivity index (χ0v) is 12.5. The van der Waals surface area contributed by atoms with Crippen molar-refractivity contribution in [1.82, 2.24) is 9.88 Å². The number of fused-ring (bicyclic) bond motifs is 1. The number of hydrogen-bond donors (Lipinski definition) is 1. The number of carbonyl (C=O) groups excluding carboxylic acids is 1. The highest BCUT2D eigenvalue weighted by Gasteiger charge is 2.32. The van der Waals surface area contributed by atoms with Gasteiger partial charge in [-0.05, 0) is 47.7 Å². The second-order valence-corrected chi connectivity index (χ2v) is 6.36. The van der Waals surface area contributed by atoms with Gasteiger partial charge in [0.1, 0.15) is 5.82 Å². The Kier molecular flexibility index (Phi) is 3.15. The van der Waals surface area contributed by atoms with Gasteiger partial charge in [-0.3, -0.25) is 4.79 Å². The van der Waals surface area contributed by atoms with Crippen LogP contribution in [-0.4, -0.2) is 28.9 Å². The van der Waals surface area contributed by atoms with Gasteiger partial charge in [-0.2, -0.15) is 11.3 Å². The van der Waals surface area contributed by atoms with Gasteiger partial charge in [0, 0.05) is 30.4 Å². The van der Waals surface area contributed by atoms with Crippen LogP contribution in [0.15, 0.2) is 29.1 Å². The van der Waals surface area contributed by atoms with Crippen LogP contribution < -0.4 is 5.32 Å². The fourth-order valence-corrected chi connectivity index (χ4v) is 4.09. The number of nitrogens with one attached hydrogen (secondary N) is 1. The fourth-order valence-electron chi connectivity index (χ4n) is 3.38. The van der Waals surface area contributed by atoms with Gasteiger partial charge in [-0.15, -0.1) is 0 Å². The number of rotatable bonds is 2. The first-order valence-corrected chi connectivity index (χ1v) is 8.33. The Labute approximate surface area is 127 Å². The molecule has 0 spiro atoms. The fraction of sp³-hybridized carbons (Fsp3) is 0.375. The minimum absolute atomic E-state index is 0.158. The van der Waals surface area contributed by atoms with E-state index in [0.717, 1.165) is 49.3 Å². The lowest BCUT2D eigenvalue weighted by Gasteiger charge is -2.25. The highest BCUT2D eigenvalue weighted by Crippen LogP contribution is 2.35. The van der Waals surface area contributed by atoms with Gasteiger partial charge in [0.15, 0.2) is 0 Å². The summed E-state index contributed by atoms with van der Waals surface area (Å²) in [5.74, 6) is 1.04. The van der Waals surface area contributed by atoms with Crippen LogP contribution in [0.4, 0.5) is 5.82 Å². The molecule has 4 nitrogen and oxygen atoms in total. The minimum atomic E-state index is 0.158. The summed E-state index contributed by atoms with van der Waals surface area (Å²) in [5.41, 5.74) is 3.18. The van der Waals surface area contributed by atoms with Crippen molar-refractivity contribution in [3.63, 3.8) is 0 Å². The van der Waals surface area contributed by atoms with Crippen LogP contribution in [0.25, 0.3) is 0 Å². The Balaban J connectivity index is 1.67. The quantitative estimate of drug-likeness (QED) is 0.927. The molecule has 4 heterocycles. The second-order valence-electron chi connectivity index (χ2n) is 5.58. The van der Waals surface area contributed by atoms with E-state index in [1.807, 2.05) is 11.0 Å². The predicted octanol–water partition coefficient (Wildman–Crippen LogP) is 3.09. The molecule has 108 valence electrons. The summed E-state index contributed by atoms with van der Waals surface area (Å²) in [6, 6.07) is 4.25. The molecule has 21 heavy (non-hydrogen) atoms. The number of pyridine rings is 1. The molecule has 2 aromatic rings. The molecule has 0 aromatic carbocycles. The summed E-state index contributed by atoms with van der Waals surface area (Å²) in [6.45, 7) is 1.73. The molecule has 0 bridgehead atoms. The van der Waals surface area contributed by atoms with Crippen LogP contribution in [0, 0.1) is 0 Å². The Morgan fingerprint density at radius 3 is 3.24 bits per heavy atom. The maximum Gasteiger partial charge on any atom is 0.254 e. The summed E-state index contributed by atoms with van der Waals surface area (Å²) < 4.78 is 0. The smallest absolute Gasteiger partial charge is 0.254 e. The maximum atomic E-state index is 13.0. The first kappa shape index (κ1) is 12.8. The average molecular weight is 299 g/mol. The number of likely N-dealkylation sites (tertiary alicyclic amines) is 1. The standard InChI is InChI=1S/C16H17N3OS/c20-16(13-4-7-18-15-12(13)3-6-17-15)19-8-1-2-14(19)11-5-9-21-10-11/h4-5,7,9-10,14H,1-3,6,8H2,(H,17,18). The van der Waals surface area contributed by atoms with Gasteiger partial charge in [-0.25, -0.2) is 4.98 Å². The first-order chi connectivity index (χ1) is 10.3. The predicted molar refractivity (Wildman–Crippen MR) is 83.8 cm³/mol. The number of hydrogen-bond acceptors (Lipinski definition) is 4. The van der Waals surface area contributed by atoms with E-state index in [2.05, 4.69) is 27.1 Å². The molecular formula is C16H17N3OS. The molecule has 1 atom stereocenters. The van der Waals surface area contributed by atoms with Crippen molar-refractivity contribution < 1.29 is 4.79 Å². The van der Waals surface area contributed by atoms with E-state index >= 15 is 0 Å². The topological polar surface area (TPSA) is 45.2 Å². The normalized spacial score (nSPS) is 20.4. The van der Waals surface area contributed by atoms with E-state index in [1.54, 1.807) is 17.5 Å². The summed E-state index contributed by atoms with van der Waals surface area (Å²) in [4.78, 5) is 19.3. The molecule has 1 amide bonds. The molecular weight excluding hydrogens is 282 g/mol. The summed E-state index contributed by atoms with van der Waals surface area (Å²) in [7, 11) is 0. The number of aromatic nitrogens is 1. The summed E-state index contributed by atoms with van der Waals surface area (Å²) in [5, 5.41) is 7.49. The molecule has 1 saturated heterocycles. The van der Waals surface area contributed by atoms with Crippen LogP contribution in [0.3, 0.4) is 0 Å². The SMILES string of the molecule is O=C(c1ccnc2c1CCN2)N1CCCC1c1ccsc1. The molecule has 2 aliphatic heterocycles. The van der Waals surface area contributed by atoms with Crippen molar-refractivity contribution in [2.24, 2.45) is 0 Å². The van der Waals surface area contributed by atoms with E-state index in [9.17, 15) is 4.79 Å². The number of amides is 1. The molecule has 1 fully saturated rings. The molecule has 2 aliphatic rings. The van der Waals surface area contributed by atoms with Crippen molar-refractivity contribution in [2.75, 3.05) is 18.4 Å². The Hall–Kier alpha value is -1.88. The van der Waals surface area contributed by atoms with Crippen molar-refractivity contribution >= 4 is 23.1 Å². The Morgan fingerprint density at radius 1 is 1.43 bits per heavy atom. The van der Waals surface area contributed by atoms with E-state index in [0.29, 0.717) is 0 Å². The van der Waals surface area contributed by atoms with E-state index in [-0.39, 0.29) is 11.9 Å². The third-order valence-electron chi connectivity index (χ3n) is 4.40. The number of thiophene rings is 1. The van der Waals surface area contributed by atoms with Crippen LogP contribution in [-0.2, 0) is 6.42 Å². The number of carbonyl (C=O) groups is 1. The first-order valence-electron chi connectivity index (χ1n) is 7.39. The summed E-state index contributed by atoms with van der Waals surface area (Å²) >= 11 is 1.70. The Bertz CT molecular complexity index is 668. The second kappa shape index (κ2) is 5.15. The highest BCUT2D eigenvalue weighted by molar-refractivity contribution is 7.08. The van der Waals surface area contributed by atoms with Gasteiger partial charge in [0.05, 0.1) is 6.04 Å². The Morgan fingerprint density at radius 2 is 2.38 bits per heavy atom. The lowest BCUT2D eigenvalue weighted by molar-refractivity contribution is 0.0735. The molecule has 0 saturated carbocycles. The van der Waals surface area contributed by atoms with Crippen LogP contribution >= 0.6 is 11.3 Å². The lowest BCUT2D eigenvalue weighted by atomic mass is 10.0. The molecule has 2 aromatic heterocycles. The van der Waals surface area contributed by atoms with E-state index in [4.69, 9.17) is 0 Å². The van der Waals surface area contributed by atoms with Gasteiger partial charge >= 0.3 is 0 Å². The number of anilines is 1. The van der Waals surface area contributed by atoms with Crippen LogP contribution in [0.2, 0.25) is 0 Å². The minimum Gasteiger partial charge on any atom is -0.369 e. The van der Waals surface area contributed by atoms with Crippen LogP contribution in [0.5, 0.6) is 0 Å². The lowest BCUT2D eigenvalue weighted by Crippen LogP contribution is -2.31. The van der Waals surface area contributed by atoms with E-state index in [1.165, 1.54) is 5.56 Å². The zero-order valence-electron chi connectivity index (χ0n) is 11.7. The molecule has 5 heteroatoms. The molecule has 4 rings (SSSR count). The molecule has 1 unspecified atom stereocenters. The van der Waals surface area contributed by atoms with Crippen molar-refractivity contribution in [3.05, 3.63) is 45.8 Å². The maximum absolute atomic E-state index is 13.0. The van der Waals surface area contributed by atoms with Crippen LogP contribution in [0.1, 0.15) is 40.4 Å². The third-order valence-corrected chi connectivity index (χ3v) is 5.10. The molecule has 0 radical (unpaired) electrons. The van der Waals surface area contributed by atoms with E-state index < -0.39 is 0 Å². The monoisotopic (exact) mass is 299 g/mol. The zero-order chi connectivity index (χ0) is 14.2. The summed E-state index contributed by atoms with van der Waals surface area (Å²) in [6.07, 6.45) is 4.77. The van der Waals surface area contributed by atoms with Gasteiger partial charge in [-0.1, -0.05) is 0 Å². The van der Waals surface area contributed by atoms with Gasteiger partial charge in [0.2, 0.25) is 0 Å². The largest absolute Gasteiger partial charge is 0.369 e. The average Bonchev–Trinajstić information content (AvgIpc) is 3.23. The molecule has 0 aliphatic carbocycles. The van der Waals surface area contributed by atoms with Crippen molar-refractivity contribution in [1.29, 1.82) is 0 Å². The van der Waals surface area contributed by atoms with Crippen molar-refractivity contribution in [2.45, 2.75) is 25.3 Å². The van der Waals surface area contributed by atoms with Gasteiger partial charge in [0.25, 0.3) is 5.91 Å². The molecule has 1 N–H and O–H groups in total. The third kappa shape index (κ3) is 2.12. The van der Waals surface area contributed by atoms with Crippen molar-refractivity contribution in [3.8, 4) is 0 Å². The van der Waals surface area contributed by atoms with Gasteiger partial charge < -0.3 is 10.2 Å².